The van der Waals surface area contributed by atoms with Crippen LogP contribution in [0.5, 0.6) is 5.75 Å². The quantitative estimate of drug-likeness (QED) is 0.248. The van der Waals surface area contributed by atoms with Gasteiger partial charge in [-0.15, -0.1) is 0 Å². The van der Waals surface area contributed by atoms with Crippen LogP contribution in [0.15, 0.2) is 24.3 Å². The lowest BCUT2D eigenvalue weighted by Gasteiger charge is -2.33. The summed E-state index contributed by atoms with van der Waals surface area (Å²) in [5.74, 6) is 0.689. The van der Waals surface area contributed by atoms with Crippen LogP contribution in [0.4, 0.5) is 0 Å². The van der Waals surface area contributed by atoms with Gasteiger partial charge < -0.3 is 13.8 Å². The molecule has 0 atom stereocenters. The van der Waals surface area contributed by atoms with Crippen LogP contribution in [0.25, 0.3) is 0 Å². The Morgan fingerprint density at radius 1 is 0.857 bits per heavy atom. The van der Waals surface area contributed by atoms with Gasteiger partial charge in [0, 0.05) is 0 Å². The Kier molecular flexibility index (Phi) is 10.2. The minimum absolute atomic E-state index is 0.0504. The maximum Gasteiger partial charge on any atom is 0.367 e. The zero-order chi connectivity index (χ0) is 21.3. The monoisotopic (exact) mass is 412 g/mol. The first kappa shape index (κ1) is 25.2. The summed E-state index contributed by atoms with van der Waals surface area (Å²) >= 11 is 0. The summed E-state index contributed by atoms with van der Waals surface area (Å²) in [6.07, 6.45) is 4.73. The summed E-state index contributed by atoms with van der Waals surface area (Å²) in [6.45, 7) is 16.3. The number of rotatable bonds is 13. The molecule has 1 rings (SSSR count). The summed E-state index contributed by atoms with van der Waals surface area (Å²) in [4.78, 5) is 0. The van der Waals surface area contributed by atoms with E-state index < -0.39 is 7.60 Å². The smallest absolute Gasteiger partial charge is 0.367 e. The molecule has 0 spiro atoms. The topological polar surface area (TPSA) is 44.8 Å². The lowest BCUT2D eigenvalue weighted by atomic mass is 9.72. The van der Waals surface area contributed by atoms with Gasteiger partial charge in [-0.3, -0.25) is 4.57 Å². The lowest BCUT2D eigenvalue weighted by molar-refractivity contribution is 0.180. The van der Waals surface area contributed by atoms with Crippen molar-refractivity contribution in [2.45, 2.75) is 86.0 Å². The summed E-state index contributed by atoms with van der Waals surface area (Å²) in [5.41, 5.74) is 1.62. The van der Waals surface area contributed by atoms with Crippen LogP contribution >= 0.6 is 7.60 Å². The first-order valence-electron chi connectivity index (χ1n) is 10.6. The second-order valence-corrected chi connectivity index (χ2v) is 11.4. The Bertz CT molecular complexity index is 588. The van der Waals surface area contributed by atoms with Crippen molar-refractivity contribution in [3.05, 3.63) is 29.8 Å². The van der Waals surface area contributed by atoms with Crippen LogP contribution in [0.1, 0.15) is 86.1 Å². The van der Waals surface area contributed by atoms with Gasteiger partial charge in [0.1, 0.15) is 5.75 Å². The molecule has 5 heteroatoms. The highest BCUT2D eigenvalue weighted by molar-refractivity contribution is 7.53. The second kappa shape index (κ2) is 11.4. The number of ether oxygens (including phenoxy) is 1. The molecule has 0 fully saturated rings. The van der Waals surface area contributed by atoms with Crippen molar-refractivity contribution in [2.24, 2.45) is 5.41 Å². The molecule has 162 valence electrons. The maximum absolute atomic E-state index is 12.9. The highest BCUT2D eigenvalue weighted by atomic mass is 31.2. The normalized spacial score (nSPS) is 13.0. The zero-order valence-corrected chi connectivity index (χ0v) is 19.9. The first-order valence-corrected chi connectivity index (χ1v) is 12.4. The molecule has 0 unspecified atom stereocenters. The van der Waals surface area contributed by atoms with Crippen LogP contribution in [0, 0.1) is 5.41 Å². The van der Waals surface area contributed by atoms with Crippen molar-refractivity contribution in [1.29, 1.82) is 0 Å². The minimum atomic E-state index is -3.24. The van der Waals surface area contributed by atoms with E-state index in [1.807, 2.05) is 12.1 Å². The lowest BCUT2D eigenvalue weighted by Crippen LogP contribution is -2.24. The highest BCUT2D eigenvalue weighted by Crippen LogP contribution is 2.48. The van der Waals surface area contributed by atoms with Gasteiger partial charge in [-0.2, -0.15) is 0 Å². The molecule has 28 heavy (non-hydrogen) atoms. The van der Waals surface area contributed by atoms with Crippen LogP contribution in [-0.2, 0) is 19.0 Å². The van der Waals surface area contributed by atoms with Crippen molar-refractivity contribution in [3.63, 3.8) is 0 Å². The van der Waals surface area contributed by atoms with Gasteiger partial charge >= 0.3 is 7.60 Å². The van der Waals surface area contributed by atoms with Crippen molar-refractivity contribution in [1.82, 2.24) is 0 Å². The third-order valence-corrected chi connectivity index (χ3v) is 6.17. The number of hydrogen-bond donors (Lipinski definition) is 0. The standard InChI is InChI=1S/C23H41O4P/c1-8-10-16-26-28(24,27-17-11-9-2)19-25-21-14-12-20(13-15-21)23(6,7)18-22(3,4)5/h12-15H,8-11,16-19H2,1-7H3. The van der Waals surface area contributed by atoms with E-state index in [2.05, 4.69) is 60.6 Å². The fourth-order valence-electron chi connectivity index (χ4n) is 3.39. The molecule has 0 radical (unpaired) electrons. The van der Waals surface area contributed by atoms with Gasteiger partial charge in [0.2, 0.25) is 0 Å². The Labute approximate surface area is 172 Å². The largest absolute Gasteiger partial charge is 0.481 e. The average Bonchev–Trinajstić information content (AvgIpc) is 2.59. The minimum Gasteiger partial charge on any atom is -0.481 e. The van der Waals surface area contributed by atoms with Crippen molar-refractivity contribution in [3.8, 4) is 5.75 Å². The van der Waals surface area contributed by atoms with Gasteiger partial charge in [-0.25, -0.2) is 0 Å². The number of hydrogen-bond acceptors (Lipinski definition) is 4. The Hall–Kier alpha value is -0.830. The fraction of sp³-hybridized carbons (Fsp3) is 0.739. The van der Waals surface area contributed by atoms with Gasteiger partial charge in [-0.05, 0) is 47.8 Å². The van der Waals surface area contributed by atoms with Crippen LogP contribution in [0.2, 0.25) is 0 Å². The summed E-state index contributed by atoms with van der Waals surface area (Å²) in [5, 5.41) is 0. The van der Waals surface area contributed by atoms with Gasteiger partial charge in [0.25, 0.3) is 0 Å². The summed E-state index contributed by atoms with van der Waals surface area (Å²) in [7, 11) is -3.24. The molecule has 4 nitrogen and oxygen atoms in total. The van der Waals surface area contributed by atoms with E-state index in [0.717, 1.165) is 32.1 Å². The zero-order valence-electron chi connectivity index (χ0n) is 19.0. The molecule has 0 N–H and O–H groups in total. The molecule has 0 aromatic heterocycles. The molecule has 0 heterocycles. The molecule has 0 aliphatic carbocycles. The predicted octanol–water partition coefficient (Wildman–Crippen LogP) is 7.56. The van der Waals surface area contributed by atoms with E-state index >= 15 is 0 Å². The molecule has 0 aliphatic heterocycles. The van der Waals surface area contributed by atoms with Crippen LogP contribution in [-0.4, -0.2) is 19.6 Å². The molecule has 0 amide bonds. The van der Waals surface area contributed by atoms with E-state index in [1.165, 1.54) is 5.56 Å². The molecule has 0 saturated carbocycles. The molecular formula is C23H41O4P. The third-order valence-electron chi connectivity index (χ3n) is 4.57. The van der Waals surface area contributed by atoms with E-state index in [9.17, 15) is 4.57 Å². The predicted molar refractivity (Wildman–Crippen MR) is 118 cm³/mol. The SMILES string of the molecule is CCCCOP(=O)(COc1ccc(C(C)(C)CC(C)(C)C)cc1)OCCCC. The third kappa shape index (κ3) is 9.58. The molecule has 0 aliphatic rings. The van der Waals surface area contributed by atoms with Crippen LogP contribution < -0.4 is 4.74 Å². The number of benzene rings is 1. The summed E-state index contributed by atoms with van der Waals surface area (Å²) in [6, 6.07) is 8.09. The van der Waals surface area contributed by atoms with Crippen LogP contribution in [0.3, 0.4) is 0 Å². The van der Waals surface area contributed by atoms with Crippen molar-refractivity contribution >= 4 is 7.60 Å². The first-order chi connectivity index (χ1) is 13.0. The van der Waals surface area contributed by atoms with Gasteiger partial charge in [0.15, 0.2) is 6.35 Å². The molecule has 0 saturated heterocycles. The van der Waals surface area contributed by atoms with Crippen molar-refractivity contribution in [2.75, 3.05) is 19.6 Å². The van der Waals surface area contributed by atoms with E-state index in [-0.39, 0.29) is 17.2 Å². The van der Waals surface area contributed by atoms with E-state index in [1.54, 1.807) is 0 Å². The molecule has 1 aromatic rings. The molecule has 0 bridgehead atoms. The average molecular weight is 413 g/mol. The Balaban J connectivity index is 2.73. The second-order valence-electron chi connectivity index (χ2n) is 9.40. The maximum atomic E-state index is 12.9. The van der Waals surface area contributed by atoms with Gasteiger partial charge in [-0.1, -0.05) is 73.4 Å². The summed E-state index contributed by atoms with van der Waals surface area (Å²) < 4.78 is 29.9. The van der Waals surface area contributed by atoms with Crippen molar-refractivity contribution < 1.29 is 18.3 Å². The number of unbranched alkanes of at least 4 members (excludes halogenated alkanes) is 2. The van der Waals surface area contributed by atoms with E-state index in [0.29, 0.717) is 19.0 Å². The van der Waals surface area contributed by atoms with E-state index in [4.69, 9.17) is 13.8 Å². The van der Waals surface area contributed by atoms with Gasteiger partial charge in [0.05, 0.1) is 13.2 Å². The molecule has 1 aromatic carbocycles. The molecular weight excluding hydrogens is 371 g/mol. The Morgan fingerprint density at radius 2 is 1.36 bits per heavy atom. The fourth-order valence-corrected chi connectivity index (χ4v) is 4.74. The highest BCUT2D eigenvalue weighted by Gasteiger charge is 2.28. The Morgan fingerprint density at radius 3 is 1.79 bits per heavy atom.